The third kappa shape index (κ3) is 5.86. The number of carbonyl (C=O) groups is 1. The molecule has 2 heterocycles. The molecule has 1 amide bonds. The van der Waals surface area contributed by atoms with E-state index < -0.39 is 29.0 Å². The first-order chi connectivity index (χ1) is 17.2. The molecule has 1 aromatic carbocycles. The summed E-state index contributed by atoms with van der Waals surface area (Å²) in [5.74, 6) is -3.32. The van der Waals surface area contributed by atoms with Crippen LogP contribution in [0, 0.1) is 17.5 Å². The molecule has 0 saturated heterocycles. The number of aromatic nitrogens is 4. The predicted octanol–water partition coefficient (Wildman–Crippen LogP) is 4.31. The Bertz CT molecular complexity index is 1210. The largest absolute Gasteiger partial charge is 0.393 e. The maximum absolute atomic E-state index is 14.4. The number of rotatable bonds is 10. The Morgan fingerprint density at radius 1 is 1.22 bits per heavy atom. The summed E-state index contributed by atoms with van der Waals surface area (Å²) in [4.78, 5) is 25.0. The number of benzene rings is 1. The molecule has 3 atom stereocenters. The molecule has 36 heavy (non-hydrogen) atoms. The van der Waals surface area contributed by atoms with E-state index in [0.29, 0.717) is 48.5 Å². The van der Waals surface area contributed by atoms with Crippen molar-refractivity contribution < 1.29 is 23.1 Å². The summed E-state index contributed by atoms with van der Waals surface area (Å²) in [6.45, 7) is 1.97. The molecule has 0 unspecified atom stereocenters. The van der Waals surface area contributed by atoms with Crippen molar-refractivity contribution in [1.82, 2.24) is 19.5 Å². The lowest BCUT2D eigenvalue weighted by molar-refractivity contribution is -0.118. The van der Waals surface area contributed by atoms with Gasteiger partial charge in [0.15, 0.2) is 17.3 Å². The van der Waals surface area contributed by atoms with Crippen molar-refractivity contribution in [3.05, 3.63) is 35.8 Å². The van der Waals surface area contributed by atoms with Crippen LogP contribution in [0.4, 0.5) is 30.8 Å². The number of nitrogens with zero attached hydrogens (tertiary/aromatic N) is 4. The van der Waals surface area contributed by atoms with Crippen LogP contribution in [-0.4, -0.2) is 42.7 Å². The van der Waals surface area contributed by atoms with Crippen LogP contribution in [0.25, 0.3) is 11.2 Å². The van der Waals surface area contributed by atoms with Gasteiger partial charge in [0.1, 0.15) is 17.0 Å². The van der Waals surface area contributed by atoms with E-state index in [2.05, 4.69) is 25.6 Å². The van der Waals surface area contributed by atoms with Crippen LogP contribution < -0.4 is 16.4 Å². The summed E-state index contributed by atoms with van der Waals surface area (Å²) >= 11 is 0. The van der Waals surface area contributed by atoms with Gasteiger partial charge in [0.25, 0.3) is 0 Å². The molecule has 4 rings (SSSR count). The minimum atomic E-state index is -1.11. The van der Waals surface area contributed by atoms with E-state index >= 15 is 0 Å². The number of aliphatic hydroxyl groups is 1. The zero-order valence-electron chi connectivity index (χ0n) is 20.0. The van der Waals surface area contributed by atoms with Crippen molar-refractivity contribution in [3.8, 4) is 0 Å². The molecule has 1 saturated carbocycles. The zero-order chi connectivity index (χ0) is 25.8. The summed E-state index contributed by atoms with van der Waals surface area (Å²) in [5, 5.41) is 15.9. The molecule has 1 aliphatic carbocycles. The van der Waals surface area contributed by atoms with Crippen molar-refractivity contribution in [1.29, 1.82) is 0 Å². The Kier molecular flexibility index (Phi) is 7.92. The summed E-state index contributed by atoms with van der Waals surface area (Å²) in [5.41, 5.74) is 5.60. The van der Waals surface area contributed by atoms with Crippen molar-refractivity contribution >= 4 is 34.7 Å². The van der Waals surface area contributed by atoms with E-state index in [-0.39, 0.29) is 30.6 Å². The Hall–Kier alpha value is -3.41. The minimum Gasteiger partial charge on any atom is -0.393 e. The van der Waals surface area contributed by atoms with E-state index in [9.17, 15) is 23.1 Å². The molecule has 0 aliphatic heterocycles. The van der Waals surface area contributed by atoms with Gasteiger partial charge in [-0.05, 0) is 38.5 Å². The number of hydrogen-bond donors (Lipinski definition) is 4. The van der Waals surface area contributed by atoms with E-state index in [4.69, 9.17) is 5.73 Å². The maximum atomic E-state index is 14.4. The van der Waals surface area contributed by atoms with Crippen LogP contribution in [0.5, 0.6) is 0 Å². The highest BCUT2D eigenvalue weighted by molar-refractivity contribution is 5.77. The third-order valence-corrected chi connectivity index (χ3v) is 6.37. The number of halogens is 3. The highest BCUT2D eigenvalue weighted by Crippen LogP contribution is 2.33. The van der Waals surface area contributed by atoms with Crippen LogP contribution in [0.15, 0.2) is 18.3 Å². The highest BCUT2D eigenvalue weighted by Gasteiger charge is 2.25. The van der Waals surface area contributed by atoms with Gasteiger partial charge in [-0.2, -0.15) is 4.98 Å². The molecule has 0 bridgehead atoms. The number of nitrogens with two attached hydrogens (primary N) is 1. The van der Waals surface area contributed by atoms with Crippen LogP contribution in [-0.2, 0) is 4.79 Å². The highest BCUT2D eigenvalue weighted by atomic mass is 19.1. The quantitative estimate of drug-likeness (QED) is 0.323. The summed E-state index contributed by atoms with van der Waals surface area (Å²) in [6.07, 6.45) is 6.02. The zero-order valence-corrected chi connectivity index (χ0v) is 20.0. The molecule has 5 N–H and O–H groups in total. The van der Waals surface area contributed by atoms with Gasteiger partial charge in [-0.25, -0.2) is 23.1 Å². The van der Waals surface area contributed by atoms with Gasteiger partial charge in [0.2, 0.25) is 17.8 Å². The summed E-state index contributed by atoms with van der Waals surface area (Å²) in [7, 11) is 0. The molecule has 9 nitrogen and oxygen atoms in total. The molecule has 0 radical (unpaired) electrons. The van der Waals surface area contributed by atoms with Gasteiger partial charge in [-0.1, -0.05) is 13.3 Å². The second-order valence-corrected chi connectivity index (χ2v) is 9.19. The molecular weight excluding hydrogens is 475 g/mol. The monoisotopic (exact) mass is 505 g/mol. The van der Waals surface area contributed by atoms with Gasteiger partial charge in [0, 0.05) is 30.6 Å². The van der Waals surface area contributed by atoms with E-state index in [0.717, 1.165) is 25.7 Å². The lowest BCUT2D eigenvalue weighted by Crippen LogP contribution is -2.30. The number of fused-ring (bicyclic) bond motifs is 1. The predicted molar refractivity (Wildman–Crippen MR) is 129 cm³/mol. The second kappa shape index (κ2) is 11.1. The van der Waals surface area contributed by atoms with Gasteiger partial charge in [-0.15, -0.1) is 0 Å². The molecule has 12 heteroatoms. The van der Waals surface area contributed by atoms with Crippen molar-refractivity contribution in [2.75, 3.05) is 10.6 Å². The standard InChI is InChI=1S/C24H30F3N7O2/c1-2-4-15(7-8-20(28)36)34-22-19(12-29-23(33-22)30-14-5-3-6-16(35)11-14)31-24(34)32-21-17(26)9-13(25)10-18(21)27/h9-10,12,14-16,35H,2-8,11H2,1H3,(H2,28,36)(H,31,32)(H,29,30,33)/t14-,15+,16+/m1/s1. The Morgan fingerprint density at radius 2 is 1.97 bits per heavy atom. The smallest absolute Gasteiger partial charge is 0.224 e. The first-order valence-electron chi connectivity index (χ1n) is 12.1. The summed E-state index contributed by atoms with van der Waals surface area (Å²) in [6, 6.07) is 0.843. The number of carbonyl (C=O) groups excluding carboxylic acids is 1. The number of anilines is 3. The fraction of sp³-hybridized carbons (Fsp3) is 0.500. The number of imidazole rings is 1. The van der Waals surface area contributed by atoms with Crippen molar-refractivity contribution in [2.45, 2.75) is 76.5 Å². The maximum Gasteiger partial charge on any atom is 0.224 e. The SMILES string of the molecule is CCC[C@@H](CCC(N)=O)n1c(Nc2c(F)cc(F)cc2F)nc2cnc(N[C@@H]3CCC[C@H](O)C3)nc21. The molecule has 2 aromatic heterocycles. The number of nitrogens with one attached hydrogen (secondary N) is 2. The fourth-order valence-electron chi connectivity index (χ4n) is 4.69. The Labute approximate surface area is 206 Å². The molecule has 194 valence electrons. The third-order valence-electron chi connectivity index (χ3n) is 6.37. The van der Waals surface area contributed by atoms with Crippen molar-refractivity contribution in [2.24, 2.45) is 5.73 Å². The van der Waals surface area contributed by atoms with Crippen LogP contribution >= 0.6 is 0 Å². The Morgan fingerprint density at radius 3 is 2.64 bits per heavy atom. The topological polar surface area (TPSA) is 131 Å². The van der Waals surface area contributed by atoms with Gasteiger partial charge < -0.3 is 21.5 Å². The van der Waals surface area contributed by atoms with Crippen molar-refractivity contribution in [3.63, 3.8) is 0 Å². The number of amides is 1. The number of primary amides is 1. The molecule has 1 fully saturated rings. The molecular formula is C24H30F3N7O2. The van der Waals surface area contributed by atoms with Gasteiger partial charge in [-0.3, -0.25) is 9.36 Å². The Balaban J connectivity index is 1.77. The normalized spacial score (nSPS) is 18.8. The molecule has 1 aliphatic rings. The van der Waals surface area contributed by atoms with Gasteiger partial charge >= 0.3 is 0 Å². The van der Waals surface area contributed by atoms with Crippen LogP contribution in [0.1, 0.15) is 64.3 Å². The lowest BCUT2D eigenvalue weighted by atomic mass is 9.93. The number of hydrogen-bond acceptors (Lipinski definition) is 7. The molecule has 3 aromatic rings. The van der Waals surface area contributed by atoms with Crippen LogP contribution in [0.3, 0.4) is 0 Å². The average molecular weight is 506 g/mol. The first-order valence-corrected chi connectivity index (χ1v) is 12.1. The fourth-order valence-corrected chi connectivity index (χ4v) is 4.69. The van der Waals surface area contributed by atoms with Gasteiger partial charge in [0.05, 0.1) is 12.3 Å². The van der Waals surface area contributed by atoms with E-state index in [1.807, 2.05) is 6.92 Å². The second-order valence-electron chi connectivity index (χ2n) is 9.19. The minimum absolute atomic E-state index is 0.00359. The summed E-state index contributed by atoms with van der Waals surface area (Å²) < 4.78 is 44.0. The van der Waals surface area contributed by atoms with E-state index in [1.54, 1.807) is 4.57 Å². The van der Waals surface area contributed by atoms with Crippen LogP contribution in [0.2, 0.25) is 0 Å². The lowest BCUT2D eigenvalue weighted by Gasteiger charge is -2.26. The molecule has 0 spiro atoms. The van der Waals surface area contributed by atoms with E-state index in [1.165, 1.54) is 6.20 Å². The average Bonchev–Trinajstić information content (AvgIpc) is 3.16. The first kappa shape index (κ1) is 25.7. The number of aliphatic hydroxyl groups excluding tert-OH is 1.